The summed E-state index contributed by atoms with van der Waals surface area (Å²) in [5.41, 5.74) is 0.570. The van der Waals surface area contributed by atoms with Crippen LogP contribution in [-0.4, -0.2) is 26.7 Å². The van der Waals surface area contributed by atoms with E-state index in [-0.39, 0.29) is 24.2 Å². The summed E-state index contributed by atoms with van der Waals surface area (Å²) in [6, 6.07) is 4.58. The number of aromatic nitrogens is 2. The number of hydrogen-bond donors (Lipinski definition) is 1. The van der Waals surface area contributed by atoms with E-state index < -0.39 is 4.92 Å². The molecule has 0 radical (unpaired) electrons. The number of fused-ring (bicyclic) bond motifs is 1. The fraction of sp³-hybridized carbons (Fsp3) is 0.385. The zero-order valence-corrected chi connectivity index (χ0v) is 11.4. The first-order valence-electron chi connectivity index (χ1n) is 6.40. The van der Waals surface area contributed by atoms with Crippen molar-refractivity contribution >= 4 is 22.5 Å². The molecular formula is C13H16N4O3. The van der Waals surface area contributed by atoms with E-state index in [1.807, 2.05) is 13.8 Å². The third-order valence-electron chi connectivity index (χ3n) is 3.15. The van der Waals surface area contributed by atoms with Crippen molar-refractivity contribution in [2.75, 3.05) is 0 Å². The maximum Gasteiger partial charge on any atom is 0.271 e. The summed E-state index contributed by atoms with van der Waals surface area (Å²) in [5, 5.41) is 18.5. The van der Waals surface area contributed by atoms with Crippen molar-refractivity contribution < 1.29 is 9.72 Å². The topological polar surface area (TPSA) is 90.1 Å². The van der Waals surface area contributed by atoms with Gasteiger partial charge in [-0.2, -0.15) is 5.10 Å². The Balaban J connectivity index is 2.24. The van der Waals surface area contributed by atoms with Gasteiger partial charge >= 0.3 is 0 Å². The Labute approximate surface area is 115 Å². The van der Waals surface area contributed by atoms with Gasteiger partial charge < -0.3 is 5.32 Å². The number of carbonyl (C=O) groups is 1. The van der Waals surface area contributed by atoms with Crippen molar-refractivity contribution in [2.45, 2.75) is 32.9 Å². The number of benzene rings is 1. The van der Waals surface area contributed by atoms with E-state index in [1.54, 1.807) is 12.3 Å². The van der Waals surface area contributed by atoms with Crippen LogP contribution in [0.15, 0.2) is 24.4 Å². The largest absolute Gasteiger partial charge is 0.352 e. The molecule has 0 bridgehead atoms. The summed E-state index contributed by atoms with van der Waals surface area (Å²) in [6.45, 7) is 3.95. The Morgan fingerprint density at radius 3 is 2.95 bits per heavy atom. The number of non-ortho nitro benzene ring substituents is 1. The molecule has 7 heteroatoms. The maximum atomic E-state index is 11.8. The van der Waals surface area contributed by atoms with Gasteiger partial charge in [-0.25, -0.2) is 0 Å². The minimum atomic E-state index is -0.462. The normalized spacial score (nSPS) is 12.3. The second-order valence-corrected chi connectivity index (χ2v) is 4.68. The molecule has 0 saturated heterocycles. The maximum absolute atomic E-state index is 11.8. The first-order chi connectivity index (χ1) is 9.51. The van der Waals surface area contributed by atoms with Gasteiger partial charge in [0.25, 0.3) is 5.69 Å². The van der Waals surface area contributed by atoms with Crippen LogP contribution in [0.2, 0.25) is 0 Å². The highest BCUT2D eigenvalue weighted by atomic mass is 16.6. The molecule has 0 aliphatic rings. The lowest BCUT2D eigenvalue weighted by molar-refractivity contribution is -0.384. The van der Waals surface area contributed by atoms with E-state index in [9.17, 15) is 14.9 Å². The molecule has 1 atom stereocenters. The number of nitro benzene ring substituents is 1. The van der Waals surface area contributed by atoms with Crippen LogP contribution in [0.1, 0.15) is 20.3 Å². The highest BCUT2D eigenvalue weighted by molar-refractivity contribution is 5.83. The van der Waals surface area contributed by atoms with Crippen LogP contribution in [0.5, 0.6) is 0 Å². The van der Waals surface area contributed by atoms with E-state index in [0.29, 0.717) is 5.52 Å². The van der Waals surface area contributed by atoms with Gasteiger partial charge in [-0.3, -0.25) is 19.6 Å². The predicted octanol–water partition coefficient (Wildman–Crippen LogP) is 1.86. The third kappa shape index (κ3) is 2.93. The molecule has 1 aromatic heterocycles. The van der Waals surface area contributed by atoms with Crippen molar-refractivity contribution in [3.63, 3.8) is 0 Å². The average molecular weight is 276 g/mol. The van der Waals surface area contributed by atoms with Gasteiger partial charge in [0.2, 0.25) is 5.91 Å². The van der Waals surface area contributed by atoms with E-state index >= 15 is 0 Å². The molecule has 0 spiro atoms. The predicted molar refractivity (Wildman–Crippen MR) is 74.3 cm³/mol. The Kier molecular flexibility index (Phi) is 3.97. The number of nitrogens with one attached hydrogen (secondary N) is 1. The summed E-state index contributed by atoms with van der Waals surface area (Å²) in [6.07, 6.45) is 2.44. The number of carbonyl (C=O) groups excluding carboxylic acids is 1. The van der Waals surface area contributed by atoms with Gasteiger partial charge in [0.1, 0.15) is 6.54 Å². The van der Waals surface area contributed by atoms with Gasteiger partial charge in [0, 0.05) is 23.6 Å². The van der Waals surface area contributed by atoms with Gasteiger partial charge in [0.05, 0.1) is 16.6 Å². The molecule has 0 fully saturated rings. The zero-order chi connectivity index (χ0) is 14.7. The number of hydrogen-bond acceptors (Lipinski definition) is 4. The van der Waals surface area contributed by atoms with E-state index in [4.69, 9.17) is 0 Å². The van der Waals surface area contributed by atoms with Crippen molar-refractivity contribution in [2.24, 2.45) is 0 Å². The molecule has 0 saturated carbocycles. The minimum absolute atomic E-state index is 0.0124. The van der Waals surface area contributed by atoms with Crippen LogP contribution >= 0.6 is 0 Å². The van der Waals surface area contributed by atoms with E-state index in [0.717, 1.165) is 11.8 Å². The molecule has 2 aromatic rings. The molecule has 0 aliphatic carbocycles. The molecule has 1 heterocycles. The van der Waals surface area contributed by atoms with Gasteiger partial charge in [-0.15, -0.1) is 0 Å². The smallest absolute Gasteiger partial charge is 0.271 e. The zero-order valence-electron chi connectivity index (χ0n) is 11.4. The quantitative estimate of drug-likeness (QED) is 0.666. The molecule has 1 aromatic carbocycles. The fourth-order valence-electron chi connectivity index (χ4n) is 1.86. The lowest BCUT2D eigenvalue weighted by Gasteiger charge is -2.11. The SMILES string of the molecule is CC[C@H](C)NC(=O)Cn1ncc2ccc([N+](=O)[O-])cc21. The van der Waals surface area contributed by atoms with Crippen molar-refractivity contribution in [3.8, 4) is 0 Å². The molecule has 0 aliphatic heterocycles. The van der Waals surface area contributed by atoms with Gasteiger partial charge in [-0.1, -0.05) is 6.92 Å². The fourth-order valence-corrected chi connectivity index (χ4v) is 1.86. The van der Waals surface area contributed by atoms with Gasteiger partial charge in [0.15, 0.2) is 0 Å². The van der Waals surface area contributed by atoms with Crippen molar-refractivity contribution in [1.29, 1.82) is 0 Å². The molecule has 20 heavy (non-hydrogen) atoms. The number of rotatable bonds is 5. The van der Waals surface area contributed by atoms with Crippen LogP contribution in [0, 0.1) is 10.1 Å². The highest BCUT2D eigenvalue weighted by Gasteiger charge is 2.13. The molecular weight excluding hydrogens is 260 g/mol. The van der Waals surface area contributed by atoms with Crippen LogP contribution in [-0.2, 0) is 11.3 Å². The standard InChI is InChI=1S/C13H16N4O3/c1-3-9(2)15-13(18)8-16-12-6-11(17(19)20)5-4-10(12)7-14-16/h4-7,9H,3,8H2,1-2H3,(H,15,18)/t9-/m0/s1. The molecule has 106 valence electrons. The van der Waals surface area contributed by atoms with E-state index in [1.165, 1.54) is 16.8 Å². The Morgan fingerprint density at radius 2 is 2.30 bits per heavy atom. The Morgan fingerprint density at radius 1 is 1.55 bits per heavy atom. The summed E-state index contributed by atoms with van der Waals surface area (Å²) >= 11 is 0. The number of nitrogens with zero attached hydrogens (tertiary/aromatic N) is 3. The molecule has 2 rings (SSSR count). The van der Waals surface area contributed by atoms with Crippen molar-refractivity contribution in [3.05, 3.63) is 34.5 Å². The Bertz CT molecular complexity index is 650. The van der Waals surface area contributed by atoms with Crippen LogP contribution in [0.4, 0.5) is 5.69 Å². The second-order valence-electron chi connectivity index (χ2n) is 4.68. The number of nitro groups is 1. The Hall–Kier alpha value is -2.44. The van der Waals surface area contributed by atoms with Crippen molar-refractivity contribution in [1.82, 2.24) is 15.1 Å². The van der Waals surface area contributed by atoms with Crippen LogP contribution < -0.4 is 5.32 Å². The summed E-state index contributed by atoms with van der Waals surface area (Å²) < 4.78 is 1.47. The lowest BCUT2D eigenvalue weighted by Crippen LogP contribution is -2.34. The first kappa shape index (κ1) is 14.0. The molecule has 0 unspecified atom stereocenters. The molecule has 7 nitrogen and oxygen atoms in total. The monoisotopic (exact) mass is 276 g/mol. The first-order valence-corrected chi connectivity index (χ1v) is 6.40. The molecule has 1 N–H and O–H groups in total. The second kappa shape index (κ2) is 5.68. The highest BCUT2D eigenvalue weighted by Crippen LogP contribution is 2.20. The summed E-state index contributed by atoms with van der Waals surface area (Å²) in [7, 11) is 0. The minimum Gasteiger partial charge on any atom is -0.352 e. The van der Waals surface area contributed by atoms with Crippen LogP contribution in [0.3, 0.4) is 0 Å². The third-order valence-corrected chi connectivity index (χ3v) is 3.15. The van der Waals surface area contributed by atoms with E-state index in [2.05, 4.69) is 10.4 Å². The van der Waals surface area contributed by atoms with Crippen LogP contribution in [0.25, 0.3) is 10.9 Å². The van der Waals surface area contributed by atoms with Gasteiger partial charge in [-0.05, 0) is 19.4 Å². The average Bonchev–Trinajstić information content (AvgIpc) is 2.80. The molecule has 1 amide bonds. The lowest BCUT2D eigenvalue weighted by atomic mass is 10.2. The number of amides is 1. The summed E-state index contributed by atoms with van der Waals surface area (Å²) in [4.78, 5) is 22.2. The summed E-state index contributed by atoms with van der Waals surface area (Å²) in [5.74, 6) is -0.157.